The SMILES string of the molecule is Cl.NCC(=O)Nc1cccc(C2SCCS2)c1. The van der Waals surface area contributed by atoms with Crippen LogP contribution in [-0.2, 0) is 4.79 Å². The van der Waals surface area contributed by atoms with Crippen molar-refractivity contribution < 1.29 is 4.79 Å². The molecule has 94 valence electrons. The number of benzene rings is 1. The highest BCUT2D eigenvalue weighted by Crippen LogP contribution is 2.45. The van der Waals surface area contributed by atoms with Gasteiger partial charge in [0.15, 0.2) is 0 Å². The van der Waals surface area contributed by atoms with E-state index in [9.17, 15) is 4.79 Å². The molecule has 0 unspecified atom stereocenters. The molecule has 1 fully saturated rings. The summed E-state index contributed by atoms with van der Waals surface area (Å²) in [4.78, 5) is 11.2. The maximum absolute atomic E-state index is 11.2. The molecule has 0 atom stereocenters. The zero-order valence-corrected chi connectivity index (χ0v) is 11.7. The predicted molar refractivity (Wildman–Crippen MR) is 79.0 cm³/mol. The number of nitrogens with two attached hydrogens (primary N) is 1. The lowest BCUT2D eigenvalue weighted by atomic mass is 10.2. The van der Waals surface area contributed by atoms with Gasteiger partial charge in [-0.05, 0) is 17.7 Å². The molecule has 17 heavy (non-hydrogen) atoms. The average molecular weight is 291 g/mol. The molecule has 0 aromatic heterocycles. The molecule has 6 heteroatoms. The van der Waals surface area contributed by atoms with Gasteiger partial charge in [-0.1, -0.05) is 12.1 Å². The second-order valence-corrected chi connectivity index (χ2v) is 6.18. The molecule has 2 rings (SSSR count). The summed E-state index contributed by atoms with van der Waals surface area (Å²) in [6.07, 6.45) is 0. The minimum absolute atomic E-state index is 0. The summed E-state index contributed by atoms with van der Waals surface area (Å²) >= 11 is 3.91. The summed E-state index contributed by atoms with van der Waals surface area (Å²) in [5, 5.41) is 2.77. The van der Waals surface area contributed by atoms with Gasteiger partial charge in [0.2, 0.25) is 5.91 Å². The van der Waals surface area contributed by atoms with Crippen molar-refractivity contribution in [2.75, 3.05) is 23.4 Å². The summed E-state index contributed by atoms with van der Waals surface area (Å²) in [7, 11) is 0. The lowest BCUT2D eigenvalue weighted by Crippen LogP contribution is -2.21. The molecule has 0 aliphatic carbocycles. The Bertz CT molecular complexity index is 383. The molecule has 1 aromatic carbocycles. The number of carbonyl (C=O) groups is 1. The molecule has 3 nitrogen and oxygen atoms in total. The minimum atomic E-state index is -0.149. The summed E-state index contributed by atoms with van der Waals surface area (Å²) in [6, 6.07) is 8.00. The van der Waals surface area contributed by atoms with Crippen molar-refractivity contribution in [3.8, 4) is 0 Å². The van der Waals surface area contributed by atoms with Gasteiger partial charge in [0, 0.05) is 17.2 Å². The van der Waals surface area contributed by atoms with Gasteiger partial charge in [-0.25, -0.2) is 0 Å². The third kappa shape index (κ3) is 4.10. The highest BCUT2D eigenvalue weighted by Gasteiger charge is 2.18. The van der Waals surface area contributed by atoms with E-state index in [2.05, 4.69) is 11.4 Å². The summed E-state index contributed by atoms with van der Waals surface area (Å²) < 4.78 is 0.509. The molecular weight excluding hydrogens is 276 g/mol. The fourth-order valence-corrected chi connectivity index (χ4v) is 4.36. The van der Waals surface area contributed by atoms with Crippen LogP contribution in [0.1, 0.15) is 10.1 Å². The maximum atomic E-state index is 11.2. The Balaban J connectivity index is 0.00000144. The molecule has 1 aromatic rings. The molecule has 0 saturated carbocycles. The van der Waals surface area contributed by atoms with E-state index in [1.165, 1.54) is 17.1 Å². The largest absolute Gasteiger partial charge is 0.325 e. The number of rotatable bonds is 3. The first-order valence-electron chi connectivity index (χ1n) is 5.12. The van der Waals surface area contributed by atoms with E-state index >= 15 is 0 Å². The van der Waals surface area contributed by atoms with Crippen LogP contribution in [0.2, 0.25) is 0 Å². The van der Waals surface area contributed by atoms with Gasteiger partial charge in [0.05, 0.1) is 11.1 Å². The number of nitrogens with one attached hydrogen (secondary N) is 1. The summed E-state index contributed by atoms with van der Waals surface area (Å²) in [6.45, 7) is 0.0250. The number of carbonyl (C=O) groups excluding carboxylic acids is 1. The molecule has 0 bridgehead atoms. The highest BCUT2D eigenvalue weighted by atomic mass is 35.5. The smallest absolute Gasteiger partial charge is 0.238 e. The Morgan fingerprint density at radius 2 is 2.12 bits per heavy atom. The Hall–Kier alpha value is -0.360. The Kier molecular flexibility index (Phi) is 6.19. The van der Waals surface area contributed by atoms with Crippen molar-refractivity contribution in [2.45, 2.75) is 4.58 Å². The topological polar surface area (TPSA) is 55.1 Å². The van der Waals surface area contributed by atoms with Crippen molar-refractivity contribution >= 4 is 47.5 Å². The van der Waals surface area contributed by atoms with Crippen LogP contribution in [-0.4, -0.2) is 24.0 Å². The van der Waals surface area contributed by atoms with Gasteiger partial charge < -0.3 is 11.1 Å². The fourth-order valence-electron chi connectivity index (χ4n) is 1.53. The van der Waals surface area contributed by atoms with Gasteiger partial charge >= 0.3 is 0 Å². The first kappa shape index (κ1) is 14.7. The molecule has 1 heterocycles. The van der Waals surface area contributed by atoms with E-state index in [0.717, 1.165) is 5.69 Å². The van der Waals surface area contributed by atoms with Crippen LogP contribution in [0.3, 0.4) is 0 Å². The molecule has 3 N–H and O–H groups in total. The summed E-state index contributed by atoms with van der Waals surface area (Å²) in [5.74, 6) is 2.26. The second kappa shape index (κ2) is 7.16. The normalized spacial score (nSPS) is 15.4. The van der Waals surface area contributed by atoms with Crippen molar-refractivity contribution in [3.63, 3.8) is 0 Å². The molecule has 1 aliphatic rings. The van der Waals surface area contributed by atoms with Crippen molar-refractivity contribution in [1.29, 1.82) is 0 Å². The first-order chi connectivity index (χ1) is 7.79. The quantitative estimate of drug-likeness (QED) is 0.898. The van der Waals surface area contributed by atoms with Crippen molar-refractivity contribution in [2.24, 2.45) is 5.73 Å². The fraction of sp³-hybridized carbons (Fsp3) is 0.364. The average Bonchev–Trinajstić information content (AvgIpc) is 2.83. The monoisotopic (exact) mass is 290 g/mol. The molecule has 0 spiro atoms. The molecular formula is C11H15ClN2OS2. The lowest BCUT2D eigenvalue weighted by molar-refractivity contribution is -0.114. The van der Waals surface area contributed by atoms with Gasteiger partial charge in [0.1, 0.15) is 0 Å². The van der Waals surface area contributed by atoms with Crippen LogP contribution in [0, 0.1) is 0 Å². The number of hydrogen-bond acceptors (Lipinski definition) is 4. The maximum Gasteiger partial charge on any atom is 0.238 e. The zero-order valence-electron chi connectivity index (χ0n) is 9.22. The van der Waals surface area contributed by atoms with E-state index in [4.69, 9.17) is 5.73 Å². The lowest BCUT2D eigenvalue weighted by Gasteiger charge is -2.10. The minimum Gasteiger partial charge on any atom is -0.325 e. The molecule has 1 amide bonds. The number of halogens is 1. The number of anilines is 1. The van der Waals surface area contributed by atoms with E-state index in [-0.39, 0.29) is 24.9 Å². The third-order valence-electron chi connectivity index (χ3n) is 2.25. The molecule has 1 aliphatic heterocycles. The third-order valence-corrected chi connectivity index (χ3v) is 5.35. The van der Waals surface area contributed by atoms with E-state index < -0.39 is 0 Å². The van der Waals surface area contributed by atoms with Gasteiger partial charge in [-0.3, -0.25) is 4.79 Å². The van der Waals surface area contributed by atoms with Gasteiger partial charge in [0.25, 0.3) is 0 Å². The van der Waals surface area contributed by atoms with Crippen LogP contribution >= 0.6 is 35.9 Å². The summed E-state index contributed by atoms with van der Waals surface area (Å²) in [5.41, 5.74) is 7.36. The standard InChI is InChI=1S/C11H14N2OS2.ClH/c12-7-10(14)13-9-3-1-2-8(6-9)11-15-4-5-16-11;/h1-3,6,11H,4-5,7,12H2,(H,13,14);1H. The van der Waals surface area contributed by atoms with Gasteiger partial charge in [-0.2, -0.15) is 0 Å². The van der Waals surface area contributed by atoms with Crippen LogP contribution < -0.4 is 11.1 Å². The van der Waals surface area contributed by atoms with Crippen molar-refractivity contribution in [1.82, 2.24) is 0 Å². The van der Waals surface area contributed by atoms with Crippen LogP contribution in [0.25, 0.3) is 0 Å². The van der Waals surface area contributed by atoms with Crippen molar-refractivity contribution in [3.05, 3.63) is 29.8 Å². The first-order valence-corrected chi connectivity index (χ1v) is 7.22. The van der Waals surface area contributed by atoms with Gasteiger partial charge in [-0.15, -0.1) is 35.9 Å². The van der Waals surface area contributed by atoms with Crippen LogP contribution in [0.5, 0.6) is 0 Å². The Morgan fingerprint density at radius 3 is 2.76 bits per heavy atom. The number of amides is 1. The van der Waals surface area contributed by atoms with E-state index in [1.54, 1.807) is 0 Å². The van der Waals surface area contributed by atoms with Crippen LogP contribution in [0.4, 0.5) is 5.69 Å². The second-order valence-electron chi connectivity index (χ2n) is 3.45. The molecule has 1 saturated heterocycles. The number of hydrogen-bond donors (Lipinski definition) is 2. The number of thioether (sulfide) groups is 2. The van der Waals surface area contributed by atoms with E-state index in [1.807, 2.05) is 41.7 Å². The Morgan fingerprint density at radius 1 is 1.41 bits per heavy atom. The zero-order chi connectivity index (χ0) is 11.4. The highest BCUT2D eigenvalue weighted by molar-refractivity contribution is 8.19. The van der Waals surface area contributed by atoms with E-state index in [0.29, 0.717) is 4.58 Å². The predicted octanol–water partition coefficient (Wildman–Crippen LogP) is 2.48. The van der Waals surface area contributed by atoms with Crippen LogP contribution in [0.15, 0.2) is 24.3 Å². The molecule has 0 radical (unpaired) electrons. The Labute approximate surface area is 116 Å².